The molecule has 22 nitrogen and oxygen atoms in total. The molecule has 2 fully saturated rings. The van der Waals surface area contributed by atoms with E-state index in [-0.39, 0.29) is 33.5 Å². The van der Waals surface area contributed by atoms with E-state index >= 15 is 0 Å². The third-order valence-electron chi connectivity index (χ3n) is 8.29. The number of aromatic nitrogens is 8. The van der Waals surface area contributed by atoms with Crippen LogP contribution in [0, 0.1) is 0 Å². The first kappa shape index (κ1) is 33.1. The molecule has 2 aliphatic heterocycles. The second-order valence-corrected chi connectivity index (χ2v) is 11.1. The van der Waals surface area contributed by atoms with Crippen molar-refractivity contribution in [1.82, 2.24) is 39.0 Å². The molecule has 0 saturated carbocycles. The minimum absolute atomic E-state index is 0.163. The normalized spacial score (nSPS) is 29.5. The molecule has 8 N–H and O–H groups in total. The average Bonchev–Trinajstić information content (AvgIpc) is 3.87. The van der Waals surface area contributed by atoms with Crippen LogP contribution in [-0.4, -0.2) is 142 Å². The zero-order valence-corrected chi connectivity index (χ0v) is 25.1. The molecule has 50 heavy (non-hydrogen) atoms. The molecule has 0 bridgehead atoms. The lowest BCUT2D eigenvalue weighted by Gasteiger charge is -2.32. The second kappa shape index (κ2) is 12.1. The summed E-state index contributed by atoms with van der Waals surface area (Å²) < 4.78 is 24.4. The highest BCUT2D eigenvalue weighted by Gasteiger charge is 2.61. The standard InChI is InChI=1S/C28H26N8O14/c37-5-13-17(39)19(41)27(47-13,35-9-33-15-21(35)29-7-31-23(15)43)49-25(45)11-1-2-12(4-3-11)26(46)50-28(20(42)18(40)14(6-38)48-28)36-10-34-16-22(36)30-8-32-24(16)44/h1-4,7-10,13-14,17-20,37-42H,5-6H2,(H,29,31,43)(H,30,32,44)/t13-,14-,17-,18-,19-,20-,27+,28+/m1/s1. The van der Waals surface area contributed by atoms with E-state index < -0.39 is 85.4 Å². The number of benzene rings is 1. The topological polar surface area (TPSA) is 320 Å². The van der Waals surface area contributed by atoms with Crippen LogP contribution in [0.15, 0.2) is 49.6 Å². The molecule has 0 amide bonds. The van der Waals surface area contributed by atoms with E-state index in [0.29, 0.717) is 0 Å². The lowest BCUT2D eigenvalue weighted by molar-refractivity contribution is -0.284. The Bertz CT molecular complexity index is 1950. The monoisotopic (exact) mass is 698 g/mol. The fourth-order valence-electron chi connectivity index (χ4n) is 5.73. The first-order valence-electron chi connectivity index (χ1n) is 14.6. The Labute approximate surface area is 277 Å². The number of hydrogen-bond acceptors (Lipinski definition) is 20. The van der Waals surface area contributed by atoms with Crippen LogP contribution in [0.25, 0.3) is 22.3 Å². The van der Waals surface area contributed by atoms with Crippen LogP contribution in [0.2, 0.25) is 0 Å². The summed E-state index contributed by atoms with van der Waals surface area (Å²) in [5, 5.41) is 82.9. The van der Waals surface area contributed by atoms with Gasteiger partial charge in [0, 0.05) is 0 Å². The van der Waals surface area contributed by atoms with Gasteiger partial charge >= 0.3 is 23.8 Å². The summed E-state index contributed by atoms with van der Waals surface area (Å²) in [7, 11) is 0. The molecule has 5 aromatic rings. The van der Waals surface area contributed by atoms with E-state index in [1.54, 1.807) is 0 Å². The molecule has 0 radical (unpaired) electrons. The van der Waals surface area contributed by atoms with E-state index in [9.17, 15) is 50.4 Å². The molecule has 4 aromatic heterocycles. The fourth-order valence-corrected chi connectivity index (χ4v) is 5.73. The van der Waals surface area contributed by atoms with Crippen molar-refractivity contribution in [3.05, 3.63) is 60.7 Å². The van der Waals surface area contributed by atoms with E-state index in [4.69, 9.17) is 18.9 Å². The number of carbonyl (C=O) groups is 2. The number of nitrogens with zero attached hydrogens (tertiary/aromatic N) is 8. The molecule has 7 rings (SSSR count). The van der Waals surface area contributed by atoms with E-state index in [2.05, 4.69) is 29.9 Å². The molecule has 0 aliphatic carbocycles. The van der Waals surface area contributed by atoms with Gasteiger partial charge in [-0.2, -0.15) is 9.97 Å². The summed E-state index contributed by atoms with van der Waals surface area (Å²) in [4.78, 5) is 50.1. The fraction of sp³-hybridized carbons (Fsp3) is 0.357. The third-order valence-corrected chi connectivity index (χ3v) is 8.29. The second-order valence-electron chi connectivity index (χ2n) is 11.1. The Kier molecular flexibility index (Phi) is 8.03. The van der Waals surface area contributed by atoms with Crippen molar-refractivity contribution in [2.24, 2.45) is 0 Å². The Balaban J connectivity index is 1.19. The van der Waals surface area contributed by atoms with Crippen molar-refractivity contribution >= 4 is 34.3 Å². The van der Waals surface area contributed by atoms with Crippen molar-refractivity contribution in [3.8, 4) is 11.8 Å². The number of imidazole rings is 2. The Hall–Kier alpha value is -5.46. The number of carbonyl (C=O) groups excluding carboxylic acids is 2. The van der Waals surface area contributed by atoms with Gasteiger partial charge in [0.25, 0.3) is 0 Å². The first-order valence-corrected chi connectivity index (χ1v) is 14.6. The van der Waals surface area contributed by atoms with Gasteiger partial charge < -0.3 is 59.8 Å². The van der Waals surface area contributed by atoms with Crippen LogP contribution in [0.4, 0.5) is 0 Å². The number of aliphatic hydroxyl groups is 6. The largest absolute Gasteiger partial charge is 0.492 e. The van der Waals surface area contributed by atoms with Gasteiger partial charge in [-0.3, -0.25) is 0 Å². The van der Waals surface area contributed by atoms with Gasteiger partial charge in [0.1, 0.15) is 49.7 Å². The molecule has 2 aliphatic rings. The number of hydrogen-bond donors (Lipinski definition) is 8. The van der Waals surface area contributed by atoms with Crippen LogP contribution in [0.3, 0.4) is 0 Å². The van der Waals surface area contributed by atoms with Crippen LogP contribution < -0.4 is 0 Å². The lowest BCUT2D eigenvalue weighted by Crippen LogP contribution is -2.49. The number of aromatic hydroxyl groups is 2. The molecule has 0 unspecified atom stereocenters. The summed E-state index contributed by atoms with van der Waals surface area (Å²) in [5.74, 6) is -8.55. The first-order chi connectivity index (χ1) is 24.0. The maximum atomic E-state index is 13.5. The van der Waals surface area contributed by atoms with Gasteiger partial charge in [-0.15, -0.1) is 0 Å². The summed E-state index contributed by atoms with van der Waals surface area (Å²) in [5.41, 5.74) is -1.11. The van der Waals surface area contributed by atoms with E-state index in [0.717, 1.165) is 58.7 Å². The predicted octanol–water partition coefficient (Wildman–Crippen LogP) is -3.46. The van der Waals surface area contributed by atoms with Crippen molar-refractivity contribution in [1.29, 1.82) is 0 Å². The molecule has 8 atom stereocenters. The smallest absolute Gasteiger partial charge is 0.342 e. The minimum atomic E-state index is -2.56. The highest BCUT2D eigenvalue weighted by Crippen LogP contribution is 2.41. The van der Waals surface area contributed by atoms with Crippen LogP contribution >= 0.6 is 0 Å². The Morgan fingerprint density at radius 3 is 1.38 bits per heavy atom. The van der Waals surface area contributed by atoms with Gasteiger partial charge in [-0.1, -0.05) is 0 Å². The van der Waals surface area contributed by atoms with Gasteiger partial charge in [0.2, 0.25) is 11.8 Å². The van der Waals surface area contributed by atoms with E-state index in [1.807, 2.05) is 0 Å². The summed E-state index contributed by atoms with van der Waals surface area (Å²) >= 11 is 0. The van der Waals surface area contributed by atoms with Crippen molar-refractivity contribution in [2.75, 3.05) is 13.2 Å². The van der Waals surface area contributed by atoms with Gasteiger partial charge in [0.05, 0.1) is 24.3 Å². The summed E-state index contributed by atoms with van der Waals surface area (Å²) in [6.07, 6.45) is -6.47. The Morgan fingerprint density at radius 2 is 1.04 bits per heavy atom. The highest BCUT2D eigenvalue weighted by atomic mass is 16.8. The molecule has 1 aromatic carbocycles. The van der Waals surface area contributed by atoms with Crippen LogP contribution in [-0.2, 0) is 30.8 Å². The number of esters is 2. The third kappa shape index (κ3) is 4.89. The van der Waals surface area contributed by atoms with Crippen LogP contribution in [0.1, 0.15) is 20.7 Å². The zero-order chi connectivity index (χ0) is 35.5. The number of rotatable bonds is 8. The maximum Gasteiger partial charge on any atom is 0.342 e. The molecule has 0 spiro atoms. The lowest BCUT2D eigenvalue weighted by atomic mass is 10.1. The predicted molar refractivity (Wildman–Crippen MR) is 155 cm³/mol. The number of fused-ring (bicyclic) bond motifs is 2. The van der Waals surface area contributed by atoms with Crippen molar-refractivity contribution in [3.63, 3.8) is 0 Å². The molecule has 262 valence electrons. The minimum Gasteiger partial charge on any atom is -0.492 e. The quantitative estimate of drug-likeness (QED) is 0.0730. The van der Waals surface area contributed by atoms with Crippen molar-refractivity contribution < 1.29 is 69.4 Å². The molecule has 2 saturated heterocycles. The highest BCUT2D eigenvalue weighted by molar-refractivity contribution is 5.93. The zero-order valence-electron chi connectivity index (χ0n) is 25.1. The number of aliphatic hydroxyl groups excluding tert-OH is 6. The molecule has 22 heteroatoms. The van der Waals surface area contributed by atoms with Gasteiger partial charge in [-0.05, 0) is 24.3 Å². The van der Waals surface area contributed by atoms with Gasteiger partial charge in [-0.25, -0.2) is 38.7 Å². The SMILES string of the molecule is O=C(O[C@@]1(n2cnc3c(O)ncnc32)O[C@H](CO)[C@@H](O)[C@H]1O)c1ccc(C(=O)O[C@@]2(n3cnc4c(O)ncnc43)O[C@H](CO)[C@@H](O)[C@H]2O)cc1. The average molecular weight is 699 g/mol. The summed E-state index contributed by atoms with van der Waals surface area (Å²) in [6, 6.07) is 4.48. The molecular formula is C28H26N8O14. The van der Waals surface area contributed by atoms with E-state index in [1.165, 1.54) is 0 Å². The Morgan fingerprint density at radius 1 is 0.660 bits per heavy atom. The number of ether oxygens (including phenoxy) is 4. The maximum absolute atomic E-state index is 13.5. The molecule has 6 heterocycles. The van der Waals surface area contributed by atoms with Crippen molar-refractivity contribution in [2.45, 2.75) is 48.4 Å². The van der Waals surface area contributed by atoms with Crippen LogP contribution in [0.5, 0.6) is 11.8 Å². The summed E-state index contributed by atoms with van der Waals surface area (Å²) in [6.45, 7) is -1.58. The van der Waals surface area contributed by atoms with Gasteiger partial charge in [0.15, 0.2) is 34.5 Å². The molecular weight excluding hydrogens is 672 g/mol.